The summed E-state index contributed by atoms with van der Waals surface area (Å²) < 4.78 is 5.69. The second-order valence-corrected chi connectivity index (χ2v) is 5.54. The van der Waals surface area contributed by atoms with Crippen molar-refractivity contribution >= 4 is 0 Å². The van der Waals surface area contributed by atoms with Crippen LogP contribution in [0.1, 0.15) is 43.2 Å². The number of hydrogen-bond donors (Lipinski definition) is 1. The highest BCUT2D eigenvalue weighted by Gasteiger charge is 2.38. The quantitative estimate of drug-likeness (QED) is 0.886. The van der Waals surface area contributed by atoms with Gasteiger partial charge in [-0.1, -0.05) is 49.1 Å². The van der Waals surface area contributed by atoms with E-state index in [2.05, 4.69) is 31.2 Å². The first-order valence-electron chi connectivity index (χ1n) is 6.95. The fourth-order valence-electron chi connectivity index (χ4n) is 3.07. The van der Waals surface area contributed by atoms with Gasteiger partial charge in [0.15, 0.2) is 0 Å². The summed E-state index contributed by atoms with van der Waals surface area (Å²) in [6.45, 7) is 2.09. The average molecular weight is 248 g/mol. The summed E-state index contributed by atoms with van der Waals surface area (Å²) in [7, 11) is 1.74. The molecule has 0 heterocycles. The summed E-state index contributed by atoms with van der Waals surface area (Å²) in [6.07, 6.45) is 5.85. The van der Waals surface area contributed by atoms with Crippen LogP contribution in [-0.2, 0) is 11.2 Å². The molecule has 2 rings (SSSR count). The number of benzene rings is 1. The Morgan fingerprint density at radius 3 is 2.61 bits per heavy atom. The van der Waals surface area contributed by atoms with Crippen LogP contribution in [0.3, 0.4) is 0 Å². The normalized spacial score (nSPS) is 20.6. The van der Waals surface area contributed by atoms with Crippen molar-refractivity contribution in [2.24, 2.45) is 0 Å². The Kier molecular flexibility index (Phi) is 4.41. The molecule has 1 aromatic rings. The van der Waals surface area contributed by atoms with Crippen molar-refractivity contribution in [2.75, 3.05) is 7.11 Å². The van der Waals surface area contributed by atoms with Crippen LogP contribution in [0.25, 0.3) is 0 Å². The molecular formula is C16H24O2. The topological polar surface area (TPSA) is 29.5 Å². The molecule has 1 unspecified atom stereocenters. The summed E-state index contributed by atoms with van der Waals surface area (Å²) in [4.78, 5) is 0. The van der Waals surface area contributed by atoms with Crippen molar-refractivity contribution < 1.29 is 9.84 Å². The summed E-state index contributed by atoms with van der Waals surface area (Å²) in [5.74, 6) is 0. The van der Waals surface area contributed by atoms with E-state index in [0.29, 0.717) is 6.42 Å². The van der Waals surface area contributed by atoms with Gasteiger partial charge < -0.3 is 9.84 Å². The predicted molar refractivity (Wildman–Crippen MR) is 73.7 cm³/mol. The van der Waals surface area contributed by atoms with Crippen molar-refractivity contribution in [1.29, 1.82) is 0 Å². The number of rotatable bonds is 4. The van der Waals surface area contributed by atoms with Crippen LogP contribution in [0.5, 0.6) is 0 Å². The maximum atomic E-state index is 10.5. The fourth-order valence-corrected chi connectivity index (χ4v) is 3.07. The first kappa shape index (κ1) is 13.6. The predicted octanol–water partition coefficient (Wildman–Crippen LogP) is 3.25. The van der Waals surface area contributed by atoms with Crippen molar-refractivity contribution in [3.8, 4) is 0 Å². The largest absolute Gasteiger partial charge is 0.390 e. The van der Waals surface area contributed by atoms with E-state index in [4.69, 9.17) is 4.74 Å². The monoisotopic (exact) mass is 248 g/mol. The molecule has 1 fully saturated rings. The van der Waals surface area contributed by atoms with Crippen molar-refractivity contribution in [1.82, 2.24) is 0 Å². The molecule has 0 amide bonds. The molecular weight excluding hydrogens is 224 g/mol. The van der Waals surface area contributed by atoms with Crippen LogP contribution in [0.2, 0.25) is 0 Å². The third-order valence-electron chi connectivity index (χ3n) is 4.23. The highest BCUT2D eigenvalue weighted by atomic mass is 16.5. The number of methoxy groups -OCH3 is 1. The Hall–Kier alpha value is -0.860. The summed E-state index contributed by atoms with van der Waals surface area (Å²) in [6, 6.07) is 8.37. The molecule has 0 saturated heterocycles. The van der Waals surface area contributed by atoms with Crippen LogP contribution in [0, 0.1) is 6.92 Å². The molecule has 0 radical (unpaired) electrons. The number of hydrogen-bond acceptors (Lipinski definition) is 2. The van der Waals surface area contributed by atoms with Crippen LogP contribution in [0.15, 0.2) is 24.3 Å². The third-order valence-corrected chi connectivity index (χ3v) is 4.23. The summed E-state index contributed by atoms with van der Waals surface area (Å²) >= 11 is 0. The van der Waals surface area contributed by atoms with Crippen molar-refractivity contribution in [3.05, 3.63) is 35.4 Å². The van der Waals surface area contributed by atoms with Gasteiger partial charge in [0.2, 0.25) is 0 Å². The van der Waals surface area contributed by atoms with Gasteiger partial charge in [-0.15, -0.1) is 0 Å². The molecule has 2 nitrogen and oxygen atoms in total. The van der Waals surface area contributed by atoms with Gasteiger partial charge >= 0.3 is 0 Å². The van der Waals surface area contributed by atoms with Gasteiger partial charge in [0.1, 0.15) is 0 Å². The Bertz CT molecular complexity index is 380. The zero-order valence-electron chi connectivity index (χ0n) is 11.5. The molecule has 100 valence electrons. The van der Waals surface area contributed by atoms with E-state index < -0.39 is 6.10 Å². The molecule has 1 aliphatic rings. The molecule has 1 saturated carbocycles. The van der Waals surface area contributed by atoms with Gasteiger partial charge in [-0.25, -0.2) is 0 Å². The van der Waals surface area contributed by atoms with E-state index in [9.17, 15) is 5.11 Å². The molecule has 1 N–H and O–H groups in total. The fraction of sp³-hybridized carbons (Fsp3) is 0.625. The first-order chi connectivity index (χ1) is 8.66. The van der Waals surface area contributed by atoms with E-state index in [-0.39, 0.29) is 5.60 Å². The number of aliphatic hydroxyl groups is 1. The van der Waals surface area contributed by atoms with Gasteiger partial charge in [0, 0.05) is 13.5 Å². The lowest BCUT2D eigenvalue weighted by Gasteiger charge is -2.40. The minimum atomic E-state index is -0.399. The van der Waals surface area contributed by atoms with Gasteiger partial charge in [0.25, 0.3) is 0 Å². The van der Waals surface area contributed by atoms with E-state index in [1.54, 1.807) is 7.11 Å². The summed E-state index contributed by atoms with van der Waals surface area (Å²) in [5.41, 5.74) is 2.13. The van der Waals surface area contributed by atoms with E-state index >= 15 is 0 Å². The smallest absolute Gasteiger partial charge is 0.0939 e. The van der Waals surface area contributed by atoms with Gasteiger partial charge in [0.05, 0.1) is 11.7 Å². The lowest BCUT2D eigenvalue weighted by atomic mass is 9.78. The molecule has 1 aliphatic carbocycles. The molecule has 0 spiro atoms. The number of aryl methyl sites for hydroxylation is 1. The minimum absolute atomic E-state index is 0.317. The van der Waals surface area contributed by atoms with E-state index in [1.165, 1.54) is 30.4 Å². The zero-order valence-corrected chi connectivity index (χ0v) is 11.5. The standard InChI is InChI=1S/C16H24O2/c1-13-7-6-8-14(11-13)12-15(17)16(18-2)9-4-3-5-10-16/h6-8,11,15,17H,3-5,9-10,12H2,1-2H3. The van der Waals surface area contributed by atoms with Crippen molar-refractivity contribution in [2.45, 2.75) is 57.2 Å². The SMILES string of the molecule is COC1(C(O)Cc2cccc(C)c2)CCCCC1. The second kappa shape index (κ2) is 5.85. The molecule has 0 aliphatic heterocycles. The van der Waals surface area contributed by atoms with E-state index in [0.717, 1.165) is 12.8 Å². The lowest BCUT2D eigenvalue weighted by Crippen LogP contribution is -2.46. The van der Waals surface area contributed by atoms with Gasteiger partial charge in [-0.05, 0) is 25.3 Å². The lowest BCUT2D eigenvalue weighted by molar-refractivity contribution is -0.122. The summed E-state index contributed by atoms with van der Waals surface area (Å²) in [5, 5.41) is 10.5. The highest BCUT2D eigenvalue weighted by molar-refractivity contribution is 5.23. The maximum absolute atomic E-state index is 10.5. The molecule has 1 atom stereocenters. The Labute approximate surface area is 110 Å². The number of ether oxygens (including phenoxy) is 1. The maximum Gasteiger partial charge on any atom is 0.0939 e. The number of aliphatic hydroxyl groups excluding tert-OH is 1. The van der Waals surface area contributed by atoms with Crippen LogP contribution in [0.4, 0.5) is 0 Å². The molecule has 0 aromatic heterocycles. The molecule has 0 bridgehead atoms. The Morgan fingerprint density at radius 1 is 1.28 bits per heavy atom. The Balaban J connectivity index is 2.07. The second-order valence-electron chi connectivity index (χ2n) is 5.54. The van der Waals surface area contributed by atoms with Crippen LogP contribution < -0.4 is 0 Å². The van der Waals surface area contributed by atoms with Gasteiger partial charge in [-0.3, -0.25) is 0 Å². The van der Waals surface area contributed by atoms with Gasteiger partial charge in [-0.2, -0.15) is 0 Å². The Morgan fingerprint density at radius 2 is 2.00 bits per heavy atom. The average Bonchev–Trinajstić information content (AvgIpc) is 2.39. The van der Waals surface area contributed by atoms with E-state index in [1.807, 2.05) is 0 Å². The first-order valence-corrected chi connectivity index (χ1v) is 6.95. The van der Waals surface area contributed by atoms with Crippen LogP contribution in [-0.4, -0.2) is 23.9 Å². The third kappa shape index (κ3) is 2.93. The molecule has 2 heteroatoms. The highest BCUT2D eigenvalue weighted by Crippen LogP contribution is 2.35. The van der Waals surface area contributed by atoms with Crippen molar-refractivity contribution in [3.63, 3.8) is 0 Å². The molecule has 18 heavy (non-hydrogen) atoms. The van der Waals surface area contributed by atoms with Crippen LogP contribution >= 0.6 is 0 Å². The molecule has 1 aromatic carbocycles. The minimum Gasteiger partial charge on any atom is -0.390 e. The zero-order chi connectivity index (χ0) is 13.0.